The van der Waals surface area contributed by atoms with Gasteiger partial charge in [-0.1, -0.05) is 23.4 Å². The van der Waals surface area contributed by atoms with Gasteiger partial charge in [0.15, 0.2) is 0 Å². The predicted molar refractivity (Wildman–Crippen MR) is 99.6 cm³/mol. The summed E-state index contributed by atoms with van der Waals surface area (Å²) in [6.07, 6.45) is 6.16. The highest BCUT2D eigenvalue weighted by atomic mass is 16.5. The summed E-state index contributed by atoms with van der Waals surface area (Å²) in [5.41, 5.74) is 1.23. The summed E-state index contributed by atoms with van der Waals surface area (Å²) in [5.74, 6) is 1.43. The molecule has 27 heavy (non-hydrogen) atoms. The number of benzene rings is 1. The van der Waals surface area contributed by atoms with Crippen LogP contribution in [-0.4, -0.2) is 47.2 Å². The first-order valence-electron chi connectivity index (χ1n) is 9.75. The molecule has 1 N–H and O–H groups in total. The topological polar surface area (TPSA) is 80.5 Å². The zero-order valence-electron chi connectivity index (χ0n) is 15.7. The van der Waals surface area contributed by atoms with E-state index in [9.17, 15) is 4.79 Å². The fourth-order valence-corrected chi connectivity index (χ4v) is 3.70. The smallest absolute Gasteiger partial charge is 0.292 e. The number of nitrogens with one attached hydrogen (secondary N) is 1. The van der Waals surface area contributed by atoms with Crippen molar-refractivity contribution in [2.45, 2.75) is 50.6 Å². The van der Waals surface area contributed by atoms with Crippen molar-refractivity contribution < 1.29 is 14.1 Å². The van der Waals surface area contributed by atoms with E-state index in [-0.39, 0.29) is 23.8 Å². The number of hydrogen-bond acceptors (Lipinski definition) is 6. The summed E-state index contributed by atoms with van der Waals surface area (Å²) >= 11 is 0. The number of methoxy groups -OCH3 is 1. The Morgan fingerprint density at radius 1 is 1.33 bits per heavy atom. The van der Waals surface area contributed by atoms with Crippen LogP contribution >= 0.6 is 0 Å². The number of hydrogen-bond donors (Lipinski definition) is 1. The summed E-state index contributed by atoms with van der Waals surface area (Å²) in [7, 11) is 1.71. The third kappa shape index (κ3) is 4.30. The summed E-state index contributed by atoms with van der Waals surface area (Å²) < 4.78 is 10.8. The van der Waals surface area contributed by atoms with E-state index in [0.717, 1.165) is 57.4 Å². The molecule has 7 nitrogen and oxygen atoms in total. The van der Waals surface area contributed by atoms with Crippen LogP contribution in [0.25, 0.3) is 0 Å². The third-order valence-electron chi connectivity index (χ3n) is 5.29. The van der Waals surface area contributed by atoms with Crippen LogP contribution in [0.5, 0.6) is 5.75 Å². The van der Waals surface area contributed by atoms with Gasteiger partial charge in [-0.05, 0) is 63.2 Å². The number of carbonyl (C=O) groups is 1. The quantitative estimate of drug-likeness (QED) is 0.770. The lowest BCUT2D eigenvalue weighted by Gasteiger charge is -2.21. The molecule has 0 radical (unpaired) electrons. The molecular formula is C20H26N4O3. The van der Waals surface area contributed by atoms with Crippen molar-refractivity contribution in [1.29, 1.82) is 0 Å². The molecule has 7 heteroatoms. The van der Waals surface area contributed by atoms with Crippen molar-refractivity contribution in [1.82, 2.24) is 20.4 Å². The second kappa shape index (κ2) is 8.08. The van der Waals surface area contributed by atoms with Crippen LogP contribution < -0.4 is 10.1 Å². The molecule has 144 valence electrons. The molecule has 2 aromatic rings. The van der Waals surface area contributed by atoms with E-state index in [1.165, 1.54) is 5.56 Å². The van der Waals surface area contributed by atoms with E-state index in [1.54, 1.807) is 7.11 Å². The van der Waals surface area contributed by atoms with Gasteiger partial charge in [0.05, 0.1) is 13.2 Å². The highest BCUT2D eigenvalue weighted by molar-refractivity contribution is 5.90. The van der Waals surface area contributed by atoms with Gasteiger partial charge >= 0.3 is 0 Å². The molecule has 1 aliphatic heterocycles. The average molecular weight is 370 g/mol. The number of amides is 1. The molecule has 1 saturated carbocycles. The zero-order chi connectivity index (χ0) is 18.6. The number of nitrogens with zero attached hydrogens (tertiary/aromatic N) is 3. The summed E-state index contributed by atoms with van der Waals surface area (Å²) in [4.78, 5) is 18.8. The molecule has 1 atom stereocenters. The van der Waals surface area contributed by atoms with Crippen LogP contribution in [0.4, 0.5) is 0 Å². The van der Waals surface area contributed by atoms with Crippen LogP contribution in [0.15, 0.2) is 28.8 Å². The molecule has 0 spiro atoms. The highest BCUT2D eigenvalue weighted by Gasteiger charge is 2.32. The normalized spacial score (nSPS) is 20.0. The number of aromatic nitrogens is 2. The Morgan fingerprint density at radius 3 is 3.00 bits per heavy atom. The highest BCUT2D eigenvalue weighted by Crippen LogP contribution is 2.31. The van der Waals surface area contributed by atoms with Gasteiger partial charge in [-0.25, -0.2) is 0 Å². The average Bonchev–Trinajstić information content (AvgIpc) is 3.18. The van der Waals surface area contributed by atoms with Crippen molar-refractivity contribution in [2.75, 3.05) is 20.2 Å². The van der Waals surface area contributed by atoms with Crippen LogP contribution in [-0.2, 0) is 6.42 Å². The molecule has 0 bridgehead atoms. The largest absolute Gasteiger partial charge is 0.496 e. The second-order valence-corrected chi connectivity index (χ2v) is 7.31. The van der Waals surface area contributed by atoms with Crippen molar-refractivity contribution in [3.8, 4) is 5.75 Å². The lowest BCUT2D eigenvalue weighted by Crippen LogP contribution is -2.27. The van der Waals surface area contributed by atoms with Crippen LogP contribution in [0.3, 0.4) is 0 Å². The minimum atomic E-state index is -0.229. The van der Waals surface area contributed by atoms with Gasteiger partial charge < -0.3 is 14.6 Å². The van der Waals surface area contributed by atoms with E-state index < -0.39 is 0 Å². The van der Waals surface area contributed by atoms with E-state index >= 15 is 0 Å². The first-order valence-corrected chi connectivity index (χ1v) is 9.75. The van der Waals surface area contributed by atoms with Crippen LogP contribution in [0.2, 0.25) is 0 Å². The number of ether oxygens (including phenoxy) is 1. The Morgan fingerprint density at radius 2 is 2.19 bits per heavy atom. The molecule has 1 amide bonds. The fourth-order valence-electron chi connectivity index (χ4n) is 3.70. The van der Waals surface area contributed by atoms with Crippen molar-refractivity contribution in [3.63, 3.8) is 0 Å². The summed E-state index contributed by atoms with van der Waals surface area (Å²) in [6.45, 7) is 1.97. The van der Waals surface area contributed by atoms with Crippen LogP contribution in [0.1, 0.15) is 60.2 Å². The minimum absolute atomic E-state index is 0.109. The molecule has 1 aromatic heterocycles. The summed E-state index contributed by atoms with van der Waals surface area (Å²) in [6, 6.07) is 8.55. The lowest BCUT2D eigenvalue weighted by atomic mass is 10.1. The van der Waals surface area contributed by atoms with Gasteiger partial charge in [-0.2, -0.15) is 4.98 Å². The maximum absolute atomic E-state index is 12.1. The Hall–Kier alpha value is -2.41. The van der Waals surface area contributed by atoms with Gasteiger partial charge in [0.2, 0.25) is 5.89 Å². The molecule has 2 aliphatic rings. The summed E-state index contributed by atoms with van der Waals surface area (Å²) in [5, 5.41) is 6.78. The number of aryl methyl sites for hydroxylation is 1. The van der Waals surface area contributed by atoms with Gasteiger partial charge in [0.25, 0.3) is 11.7 Å². The van der Waals surface area contributed by atoms with Crippen molar-refractivity contribution >= 4 is 5.91 Å². The van der Waals surface area contributed by atoms with E-state index in [2.05, 4.69) is 26.4 Å². The van der Waals surface area contributed by atoms with Gasteiger partial charge in [0, 0.05) is 6.04 Å². The Labute approximate surface area is 159 Å². The van der Waals surface area contributed by atoms with Gasteiger partial charge in [0.1, 0.15) is 5.75 Å². The molecule has 2 heterocycles. The standard InChI is InChI=1S/C20H26N4O3/c1-26-17-9-3-2-6-14(17)7-4-12-24-13-5-8-16(24)20-22-18(23-27-20)19(25)21-15-10-11-15/h2-3,6,9,15-16H,4-5,7-8,10-13H2,1H3,(H,21,25). The van der Waals surface area contributed by atoms with Crippen LogP contribution in [0, 0.1) is 0 Å². The molecule has 1 aromatic carbocycles. The first-order chi connectivity index (χ1) is 13.2. The number of carbonyl (C=O) groups excluding carboxylic acids is 1. The minimum Gasteiger partial charge on any atom is -0.496 e. The molecule has 4 rings (SSSR count). The zero-order valence-corrected chi connectivity index (χ0v) is 15.7. The molecule has 1 aliphatic carbocycles. The SMILES string of the molecule is COc1ccccc1CCCN1CCCC1c1nc(C(=O)NC2CC2)no1. The van der Waals surface area contributed by atoms with Gasteiger partial charge in [-0.15, -0.1) is 0 Å². The molecular weight excluding hydrogens is 344 g/mol. The Bertz CT molecular complexity index is 787. The second-order valence-electron chi connectivity index (χ2n) is 7.31. The third-order valence-corrected chi connectivity index (χ3v) is 5.29. The number of rotatable bonds is 8. The number of likely N-dealkylation sites (tertiary alicyclic amines) is 1. The maximum atomic E-state index is 12.1. The lowest BCUT2D eigenvalue weighted by molar-refractivity contribution is 0.0937. The monoisotopic (exact) mass is 370 g/mol. The maximum Gasteiger partial charge on any atom is 0.292 e. The Balaban J connectivity index is 1.33. The van der Waals surface area contributed by atoms with Crippen molar-refractivity contribution in [2.24, 2.45) is 0 Å². The fraction of sp³-hybridized carbons (Fsp3) is 0.550. The van der Waals surface area contributed by atoms with E-state index in [0.29, 0.717) is 5.89 Å². The molecule has 1 saturated heterocycles. The Kier molecular flexibility index (Phi) is 5.38. The predicted octanol–water partition coefficient (Wildman–Crippen LogP) is 2.74. The number of para-hydroxylation sites is 1. The molecule has 2 fully saturated rings. The van der Waals surface area contributed by atoms with Crippen molar-refractivity contribution in [3.05, 3.63) is 41.5 Å². The van der Waals surface area contributed by atoms with Gasteiger partial charge in [-0.3, -0.25) is 9.69 Å². The first kappa shape index (κ1) is 18.0. The van der Waals surface area contributed by atoms with E-state index in [1.807, 2.05) is 18.2 Å². The molecule has 1 unspecified atom stereocenters. The van der Waals surface area contributed by atoms with E-state index in [4.69, 9.17) is 9.26 Å².